The molecule has 168 valence electrons. The second-order valence-corrected chi connectivity index (χ2v) is 8.29. The van der Waals surface area contributed by atoms with E-state index in [0.29, 0.717) is 30.0 Å². The van der Waals surface area contributed by atoms with Crippen LogP contribution in [0.15, 0.2) is 60.9 Å². The van der Waals surface area contributed by atoms with Gasteiger partial charge in [-0.2, -0.15) is 0 Å². The number of benzene rings is 2. The molecule has 2 N–H and O–H groups in total. The molecule has 2 aliphatic heterocycles. The van der Waals surface area contributed by atoms with Crippen LogP contribution in [0.3, 0.4) is 0 Å². The zero-order valence-electron chi connectivity index (χ0n) is 18.3. The molecule has 2 aromatic carbocycles. The molecular formula is C26H25N3O4. The normalized spacial score (nSPS) is 18.6. The van der Waals surface area contributed by atoms with Gasteiger partial charge < -0.3 is 20.1 Å². The number of nitrogens with zero attached hydrogens (tertiary/aromatic N) is 1. The quantitative estimate of drug-likeness (QED) is 0.622. The molecule has 3 heterocycles. The number of ether oxygens (including phenoxy) is 2. The summed E-state index contributed by atoms with van der Waals surface area (Å²) in [6.07, 6.45) is 5.00. The lowest BCUT2D eigenvalue weighted by atomic mass is 9.94. The van der Waals surface area contributed by atoms with E-state index in [1.165, 1.54) is 0 Å². The molecule has 0 saturated carbocycles. The summed E-state index contributed by atoms with van der Waals surface area (Å²) < 4.78 is 11.5. The third kappa shape index (κ3) is 4.45. The standard InChI is InChI=1S/C26H25N3O4/c1-16-22-15-27-10-9-20(22)21-8-7-19(13-23(21)33-16)25(30)28-14-17-4-2-5-18(12-17)26(31)29-24-6-3-11-32-24/h2,4-5,7-10,12-13,15-16,24H,3,6,11,14H2,1H3,(H,28,30)(H,29,31). The Kier molecular flexibility index (Phi) is 5.79. The van der Waals surface area contributed by atoms with Crippen molar-refractivity contribution in [3.05, 3.63) is 83.2 Å². The minimum atomic E-state index is -0.224. The maximum atomic E-state index is 12.8. The molecule has 2 atom stereocenters. The number of nitrogens with one attached hydrogen (secondary N) is 2. The van der Waals surface area contributed by atoms with Gasteiger partial charge in [-0.15, -0.1) is 0 Å². The summed E-state index contributed by atoms with van der Waals surface area (Å²) in [6.45, 7) is 2.95. The smallest absolute Gasteiger partial charge is 0.253 e. The Balaban J connectivity index is 1.26. The molecule has 3 aromatic rings. The lowest BCUT2D eigenvalue weighted by molar-refractivity contribution is 0.0639. The Bertz CT molecular complexity index is 1200. The van der Waals surface area contributed by atoms with Gasteiger partial charge in [-0.25, -0.2) is 0 Å². The highest BCUT2D eigenvalue weighted by Crippen LogP contribution is 2.42. The predicted molar refractivity (Wildman–Crippen MR) is 123 cm³/mol. The van der Waals surface area contributed by atoms with Crippen molar-refractivity contribution in [1.29, 1.82) is 0 Å². The zero-order chi connectivity index (χ0) is 22.8. The molecule has 5 rings (SSSR count). The third-order valence-corrected chi connectivity index (χ3v) is 5.99. The van der Waals surface area contributed by atoms with E-state index in [4.69, 9.17) is 9.47 Å². The molecule has 0 radical (unpaired) electrons. The van der Waals surface area contributed by atoms with E-state index in [9.17, 15) is 9.59 Å². The summed E-state index contributed by atoms with van der Waals surface area (Å²) in [4.78, 5) is 29.5. The predicted octanol–water partition coefficient (Wildman–Crippen LogP) is 4.00. The van der Waals surface area contributed by atoms with E-state index < -0.39 is 0 Å². The summed E-state index contributed by atoms with van der Waals surface area (Å²) in [5.41, 5.74) is 4.96. The van der Waals surface area contributed by atoms with Gasteiger partial charge in [0, 0.05) is 47.8 Å². The lowest BCUT2D eigenvalue weighted by Gasteiger charge is -2.26. The molecule has 7 heteroatoms. The minimum Gasteiger partial charge on any atom is -0.485 e. The SMILES string of the molecule is CC1Oc2cc(C(=O)NCc3cccc(C(=O)NC4CCCO4)c3)ccc2-c2ccncc21. The molecule has 0 aliphatic carbocycles. The first kappa shape index (κ1) is 21.2. The van der Waals surface area contributed by atoms with E-state index in [1.807, 2.05) is 37.4 Å². The van der Waals surface area contributed by atoms with Crippen molar-refractivity contribution in [2.24, 2.45) is 0 Å². The van der Waals surface area contributed by atoms with E-state index in [0.717, 1.165) is 35.1 Å². The molecule has 2 unspecified atom stereocenters. The van der Waals surface area contributed by atoms with Gasteiger partial charge in [-0.1, -0.05) is 12.1 Å². The van der Waals surface area contributed by atoms with Gasteiger partial charge in [0.1, 0.15) is 18.1 Å². The molecule has 1 aromatic heterocycles. The number of fused-ring (bicyclic) bond motifs is 3. The summed E-state index contributed by atoms with van der Waals surface area (Å²) in [6, 6.07) is 14.7. The van der Waals surface area contributed by atoms with Gasteiger partial charge >= 0.3 is 0 Å². The lowest BCUT2D eigenvalue weighted by Crippen LogP contribution is -2.34. The molecule has 0 spiro atoms. The van der Waals surface area contributed by atoms with Crippen LogP contribution in [0.5, 0.6) is 5.75 Å². The van der Waals surface area contributed by atoms with Crippen LogP contribution in [-0.4, -0.2) is 29.6 Å². The molecule has 33 heavy (non-hydrogen) atoms. The molecule has 1 fully saturated rings. The van der Waals surface area contributed by atoms with Crippen LogP contribution in [-0.2, 0) is 11.3 Å². The van der Waals surface area contributed by atoms with Crippen molar-refractivity contribution in [3.8, 4) is 16.9 Å². The average molecular weight is 444 g/mol. The van der Waals surface area contributed by atoms with Crippen molar-refractivity contribution in [1.82, 2.24) is 15.6 Å². The van der Waals surface area contributed by atoms with Crippen LogP contribution in [0, 0.1) is 0 Å². The van der Waals surface area contributed by atoms with Crippen LogP contribution < -0.4 is 15.4 Å². The van der Waals surface area contributed by atoms with Crippen LogP contribution in [0.1, 0.15) is 57.7 Å². The van der Waals surface area contributed by atoms with E-state index >= 15 is 0 Å². The Labute approximate surface area is 192 Å². The molecule has 1 saturated heterocycles. The molecular weight excluding hydrogens is 418 g/mol. The maximum Gasteiger partial charge on any atom is 0.253 e. The Hall–Kier alpha value is -3.71. The Morgan fingerprint density at radius 2 is 1.94 bits per heavy atom. The first-order chi connectivity index (χ1) is 16.1. The van der Waals surface area contributed by atoms with Crippen molar-refractivity contribution in [2.45, 2.75) is 38.6 Å². The monoisotopic (exact) mass is 443 g/mol. The van der Waals surface area contributed by atoms with Crippen LogP contribution in [0.2, 0.25) is 0 Å². The first-order valence-corrected chi connectivity index (χ1v) is 11.1. The molecule has 7 nitrogen and oxygen atoms in total. The number of rotatable bonds is 5. The summed E-state index contributed by atoms with van der Waals surface area (Å²) in [7, 11) is 0. The second-order valence-electron chi connectivity index (χ2n) is 8.29. The maximum absolute atomic E-state index is 12.8. The fourth-order valence-corrected chi connectivity index (χ4v) is 4.24. The van der Waals surface area contributed by atoms with Crippen LogP contribution in [0.25, 0.3) is 11.1 Å². The van der Waals surface area contributed by atoms with E-state index in [1.54, 1.807) is 30.5 Å². The van der Waals surface area contributed by atoms with E-state index in [-0.39, 0.29) is 24.1 Å². The molecule has 2 aliphatic rings. The highest BCUT2D eigenvalue weighted by molar-refractivity contribution is 5.96. The summed E-state index contributed by atoms with van der Waals surface area (Å²) >= 11 is 0. The second kappa shape index (κ2) is 9.03. The highest BCUT2D eigenvalue weighted by atomic mass is 16.5. The van der Waals surface area contributed by atoms with Crippen molar-refractivity contribution in [3.63, 3.8) is 0 Å². The van der Waals surface area contributed by atoms with Gasteiger partial charge in [0.15, 0.2) is 0 Å². The number of pyridine rings is 1. The topological polar surface area (TPSA) is 89.5 Å². The highest BCUT2D eigenvalue weighted by Gasteiger charge is 2.24. The number of aromatic nitrogens is 1. The van der Waals surface area contributed by atoms with Gasteiger partial charge in [-0.3, -0.25) is 14.6 Å². The first-order valence-electron chi connectivity index (χ1n) is 11.1. The van der Waals surface area contributed by atoms with Crippen molar-refractivity contribution >= 4 is 11.8 Å². The average Bonchev–Trinajstić information content (AvgIpc) is 3.35. The van der Waals surface area contributed by atoms with E-state index in [2.05, 4.69) is 15.6 Å². The number of hydrogen-bond acceptors (Lipinski definition) is 5. The van der Waals surface area contributed by atoms with Crippen LogP contribution in [0.4, 0.5) is 0 Å². The van der Waals surface area contributed by atoms with Gasteiger partial charge in [0.25, 0.3) is 11.8 Å². The summed E-state index contributed by atoms with van der Waals surface area (Å²) in [5.74, 6) is 0.303. The fraction of sp³-hybridized carbons (Fsp3) is 0.269. The Morgan fingerprint density at radius 3 is 2.79 bits per heavy atom. The number of amides is 2. The number of carbonyl (C=O) groups excluding carboxylic acids is 2. The number of hydrogen-bond donors (Lipinski definition) is 2. The van der Waals surface area contributed by atoms with Crippen molar-refractivity contribution in [2.75, 3.05) is 6.61 Å². The molecule has 2 amide bonds. The number of carbonyl (C=O) groups is 2. The Morgan fingerprint density at radius 1 is 1.06 bits per heavy atom. The minimum absolute atomic E-state index is 0.136. The fourth-order valence-electron chi connectivity index (χ4n) is 4.24. The van der Waals surface area contributed by atoms with Gasteiger partial charge in [0.2, 0.25) is 0 Å². The van der Waals surface area contributed by atoms with Crippen LogP contribution >= 0.6 is 0 Å². The molecule has 0 bridgehead atoms. The van der Waals surface area contributed by atoms with Gasteiger partial charge in [0.05, 0.1) is 0 Å². The van der Waals surface area contributed by atoms with Crippen molar-refractivity contribution < 1.29 is 19.1 Å². The van der Waals surface area contributed by atoms with Gasteiger partial charge in [-0.05, 0) is 67.3 Å². The zero-order valence-corrected chi connectivity index (χ0v) is 18.3. The largest absolute Gasteiger partial charge is 0.485 e. The third-order valence-electron chi connectivity index (χ3n) is 5.99. The summed E-state index contributed by atoms with van der Waals surface area (Å²) in [5, 5.41) is 5.82.